The van der Waals surface area contributed by atoms with E-state index in [4.69, 9.17) is 21.1 Å². The summed E-state index contributed by atoms with van der Waals surface area (Å²) in [6.07, 6.45) is 2.02. The molecule has 0 unspecified atom stereocenters. The van der Waals surface area contributed by atoms with Gasteiger partial charge in [-0.3, -0.25) is 9.59 Å². The van der Waals surface area contributed by atoms with Crippen LogP contribution in [0, 0.1) is 10.8 Å². The number of methoxy groups -OCH3 is 1. The first-order valence-corrected chi connectivity index (χ1v) is 10.6. The SMILES string of the molecule is COc1cc(C2C3=C(CC(C)(C)CC3=O)OC3=C2C(=O)CC(C)(C)C3)cc(Cl)c1O. The van der Waals surface area contributed by atoms with Crippen molar-refractivity contribution in [1.82, 2.24) is 0 Å². The summed E-state index contributed by atoms with van der Waals surface area (Å²) in [6.45, 7) is 8.20. The second kappa shape index (κ2) is 6.88. The molecule has 1 aliphatic heterocycles. The highest BCUT2D eigenvalue weighted by molar-refractivity contribution is 6.32. The molecule has 0 radical (unpaired) electrons. The number of rotatable bonds is 2. The molecule has 4 rings (SSSR count). The molecule has 160 valence electrons. The van der Waals surface area contributed by atoms with Crippen LogP contribution in [0.25, 0.3) is 0 Å². The van der Waals surface area contributed by atoms with Gasteiger partial charge in [0.05, 0.1) is 12.1 Å². The summed E-state index contributed by atoms with van der Waals surface area (Å²) in [4.78, 5) is 26.5. The van der Waals surface area contributed by atoms with E-state index in [0.29, 0.717) is 53.9 Å². The zero-order chi connectivity index (χ0) is 22.0. The number of hydrogen-bond donors (Lipinski definition) is 1. The van der Waals surface area contributed by atoms with E-state index < -0.39 is 5.92 Å². The third-order valence-corrected chi connectivity index (χ3v) is 6.47. The highest BCUT2D eigenvalue weighted by Crippen LogP contribution is 2.54. The van der Waals surface area contributed by atoms with Gasteiger partial charge in [0.15, 0.2) is 23.1 Å². The van der Waals surface area contributed by atoms with E-state index in [2.05, 4.69) is 0 Å². The number of phenols is 1. The van der Waals surface area contributed by atoms with Crippen molar-refractivity contribution in [3.05, 3.63) is 45.4 Å². The van der Waals surface area contributed by atoms with Gasteiger partial charge in [0.25, 0.3) is 0 Å². The number of aromatic hydroxyl groups is 1. The average molecular weight is 431 g/mol. The maximum absolute atomic E-state index is 13.3. The van der Waals surface area contributed by atoms with E-state index in [0.717, 1.165) is 0 Å². The smallest absolute Gasteiger partial charge is 0.176 e. The first kappa shape index (κ1) is 21.0. The maximum Gasteiger partial charge on any atom is 0.176 e. The molecule has 6 heteroatoms. The lowest BCUT2D eigenvalue weighted by molar-refractivity contribution is -0.120. The van der Waals surface area contributed by atoms with Gasteiger partial charge in [-0.15, -0.1) is 0 Å². The summed E-state index contributed by atoms with van der Waals surface area (Å²) in [6, 6.07) is 3.27. The minimum atomic E-state index is -0.567. The summed E-state index contributed by atoms with van der Waals surface area (Å²) in [5.74, 6) is 0.744. The van der Waals surface area contributed by atoms with Crippen molar-refractivity contribution in [2.45, 2.75) is 59.3 Å². The van der Waals surface area contributed by atoms with Crippen molar-refractivity contribution in [2.75, 3.05) is 7.11 Å². The molecule has 0 saturated carbocycles. The molecular formula is C24H27ClO5. The van der Waals surface area contributed by atoms with Crippen LogP contribution in [-0.4, -0.2) is 23.8 Å². The zero-order valence-electron chi connectivity index (χ0n) is 18.0. The largest absolute Gasteiger partial charge is 0.503 e. The summed E-state index contributed by atoms with van der Waals surface area (Å²) in [7, 11) is 1.44. The van der Waals surface area contributed by atoms with Gasteiger partial charge in [-0.2, -0.15) is 0 Å². The van der Waals surface area contributed by atoms with Gasteiger partial charge in [-0.1, -0.05) is 39.3 Å². The van der Waals surface area contributed by atoms with E-state index in [1.165, 1.54) is 7.11 Å². The van der Waals surface area contributed by atoms with Gasteiger partial charge in [0, 0.05) is 42.7 Å². The predicted molar refractivity (Wildman–Crippen MR) is 114 cm³/mol. The van der Waals surface area contributed by atoms with Crippen LogP contribution in [-0.2, 0) is 14.3 Å². The van der Waals surface area contributed by atoms with Crippen molar-refractivity contribution < 1.29 is 24.2 Å². The van der Waals surface area contributed by atoms with E-state index in [-0.39, 0.29) is 38.9 Å². The quantitative estimate of drug-likeness (QED) is 0.674. The number of ether oxygens (including phenoxy) is 2. The highest BCUT2D eigenvalue weighted by atomic mass is 35.5. The number of carbonyl (C=O) groups is 2. The summed E-state index contributed by atoms with van der Waals surface area (Å²) in [5, 5.41) is 10.3. The highest BCUT2D eigenvalue weighted by Gasteiger charge is 2.48. The molecule has 0 spiro atoms. The Hall–Kier alpha value is -2.27. The molecule has 0 saturated heterocycles. The molecule has 1 aromatic carbocycles. The van der Waals surface area contributed by atoms with Crippen LogP contribution in [0.15, 0.2) is 34.8 Å². The predicted octanol–water partition coefficient (Wildman–Crippen LogP) is 5.45. The molecule has 0 fully saturated rings. The molecule has 0 amide bonds. The van der Waals surface area contributed by atoms with Crippen molar-refractivity contribution in [1.29, 1.82) is 0 Å². The number of Topliss-reactive ketones (excluding diaryl/α,β-unsaturated/α-hetero) is 2. The molecule has 30 heavy (non-hydrogen) atoms. The van der Waals surface area contributed by atoms with Gasteiger partial charge >= 0.3 is 0 Å². The van der Waals surface area contributed by atoms with Crippen LogP contribution in [0.2, 0.25) is 5.02 Å². The lowest BCUT2D eigenvalue weighted by Crippen LogP contribution is -2.37. The summed E-state index contributed by atoms with van der Waals surface area (Å²) in [5.41, 5.74) is 1.29. The summed E-state index contributed by atoms with van der Waals surface area (Å²) >= 11 is 6.27. The lowest BCUT2D eigenvalue weighted by atomic mass is 9.65. The third-order valence-electron chi connectivity index (χ3n) is 6.19. The van der Waals surface area contributed by atoms with E-state index in [1.54, 1.807) is 12.1 Å². The number of ketones is 2. The molecule has 0 bridgehead atoms. The van der Waals surface area contributed by atoms with Crippen LogP contribution in [0.5, 0.6) is 11.5 Å². The monoisotopic (exact) mass is 430 g/mol. The van der Waals surface area contributed by atoms with Crippen molar-refractivity contribution in [2.24, 2.45) is 10.8 Å². The topological polar surface area (TPSA) is 72.8 Å². The van der Waals surface area contributed by atoms with Crippen LogP contribution >= 0.6 is 11.6 Å². The van der Waals surface area contributed by atoms with E-state index in [9.17, 15) is 14.7 Å². The van der Waals surface area contributed by atoms with E-state index >= 15 is 0 Å². The second-order valence-electron chi connectivity index (χ2n) is 10.1. The molecular weight excluding hydrogens is 404 g/mol. The van der Waals surface area contributed by atoms with Gasteiger partial charge in [0.1, 0.15) is 11.5 Å². The van der Waals surface area contributed by atoms with E-state index in [1.807, 2.05) is 27.7 Å². The van der Waals surface area contributed by atoms with Crippen LogP contribution in [0.3, 0.4) is 0 Å². The Morgan fingerprint density at radius 1 is 0.967 bits per heavy atom. The molecule has 1 N–H and O–H groups in total. The molecule has 0 aromatic heterocycles. The Balaban J connectivity index is 1.96. The lowest BCUT2D eigenvalue weighted by Gasteiger charge is -2.42. The third kappa shape index (κ3) is 3.43. The normalized spacial score (nSPS) is 23.1. The number of halogens is 1. The molecule has 2 aliphatic carbocycles. The molecule has 1 heterocycles. The van der Waals surface area contributed by atoms with Crippen molar-refractivity contribution >= 4 is 23.2 Å². The molecule has 5 nitrogen and oxygen atoms in total. The van der Waals surface area contributed by atoms with Gasteiger partial charge < -0.3 is 14.6 Å². The number of benzene rings is 1. The summed E-state index contributed by atoms with van der Waals surface area (Å²) < 4.78 is 11.6. The molecule has 0 atom stereocenters. The fourth-order valence-corrected chi connectivity index (χ4v) is 5.14. The fraction of sp³-hybridized carbons (Fsp3) is 0.500. The Morgan fingerprint density at radius 2 is 1.47 bits per heavy atom. The van der Waals surface area contributed by atoms with Crippen LogP contribution < -0.4 is 4.74 Å². The Bertz CT molecular complexity index is 976. The second-order valence-corrected chi connectivity index (χ2v) is 10.6. The van der Waals surface area contributed by atoms with Gasteiger partial charge in [-0.25, -0.2) is 0 Å². The Labute approximate surface area is 181 Å². The van der Waals surface area contributed by atoms with Crippen LogP contribution in [0.4, 0.5) is 0 Å². The zero-order valence-corrected chi connectivity index (χ0v) is 18.8. The Morgan fingerprint density at radius 3 is 1.93 bits per heavy atom. The van der Waals surface area contributed by atoms with Gasteiger partial charge in [0.2, 0.25) is 0 Å². The fourth-order valence-electron chi connectivity index (χ4n) is 4.92. The van der Waals surface area contributed by atoms with Crippen molar-refractivity contribution in [3.8, 4) is 11.5 Å². The number of hydrogen-bond acceptors (Lipinski definition) is 5. The van der Waals surface area contributed by atoms with Crippen molar-refractivity contribution in [3.63, 3.8) is 0 Å². The first-order chi connectivity index (χ1) is 13.9. The maximum atomic E-state index is 13.3. The minimum absolute atomic E-state index is 0.0152. The minimum Gasteiger partial charge on any atom is -0.503 e. The average Bonchev–Trinajstić information content (AvgIpc) is 2.60. The van der Waals surface area contributed by atoms with Gasteiger partial charge in [-0.05, 0) is 28.5 Å². The number of allylic oxidation sites excluding steroid dienone is 4. The standard InChI is InChI=1S/C24H27ClO5/c1-23(2)8-14(26)20-17(10-23)30-18-11-24(3,4)9-15(27)21(18)19(20)12-6-13(25)22(28)16(7-12)29-5/h6-7,19,28H,8-11H2,1-5H3. The first-order valence-electron chi connectivity index (χ1n) is 10.2. The Kier molecular flexibility index (Phi) is 4.81. The molecule has 3 aliphatic rings. The number of phenolic OH excluding ortho intramolecular Hbond substituents is 1. The number of carbonyl (C=O) groups excluding carboxylic acids is 2. The molecule has 1 aromatic rings. The van der Waals surface area contributed by atoms with Crippen LogP contribution in [0.1, 0.15) is 64.9 Å².